The van der Waals surface area contributed by atoms with Crippen LogP contribution in [0.2, 0.25) is 0 Å². The third kappa shape index (κ3) is 3.41. The number of nitrogens with zero attached hydrogens (tertiary/aromatic N) is 2. The van der Waals surface area contributed by atoms with Crippen molar-refractivity contribution in [3.05, 3.63) is 23.9 Å². The van der Waals surface area contributed by atoms with Crippen LogP contribution in [0.25, 0.3) is 0 Å². The molecule has 6 nitrogen and oxygen atoms in total. The number of rotatable bonds is 5. The summed E-state index contributed by atoms with van der Waals surface area (Å²) >= 11 is 0. The molecule has 18 heavy (non-hydrogen) atoms. The number of carbonyl (C=O) groups is 1. The average molecular weight is 249 g/mol. The molecule has 0 spiro atoms. The fourth-order valence-electron chi connectivity index (χ4n) is 2.09. The van der Waals surface area contributed by atoms with E-state index in [9.17, 15) is 4.79 Å². The molecule has 1 aromatic rings. The number of amides is 1. The van der Waals surface area contributed by atoms with E-state index in [4.69, 9.17) is 5.84 Å². The van der Waals surface area contributed by atoms with Crippen LogP contribution in [0, 0.1) is 0 Å². The van der Waals surface area contributed by atoms with Gasteiger partial charge in [-0.2, -0.15) is 0 Å². The van der Waals surface area contributed by atoms with Crippen LogP contribution in [0.4, 0.5) is 5.82 Å². The van der Waals surface area contributed by atoms with Gasteiger partial charge in [0.15, 0.2) is 0 Å². The molecule has 1 saturated heterocycles. The first-order valence-electron chi connectivity index (χ1n) is 6.23. The Bertz CT molecular complexity index is 403. The number of hydrazine groups is 1. The van der Waals surface area contributed by atoms with Gasteiger partial charge in [-0.1, -0.05) is 0 Å². The second kappa shape index (κ2) is 6.32. The molecule has 1 amide bonds. The van der Waals surface area contributed by atoms with Gasteiger partial charge in [0.25, 0.3) is 5.91 Å². The van der Waals surface area contributed by atoms with Crippen LogP contribution in [0.3, 0.4) is 0 Å². The van der Waals surface area contributed by atoms with Gasteiger partial charge in [0, 0.05) is 24.8 Å². The van der Waals surface area contributed by atoms with Gasteiger partial charge in [-0.05, 0) is 38.1 Å². The standard InChI is InChI=1S/C12H19N5O/c13-16-11-9-10(3-4-14-11)12(18)15-5-8-17-6-1-2-7-17/h3-4,9H,1-2,5-8,13H2,(H,14,16)(H,15,18). The Morgan fingerprint density at radius 2 is 2.22 bits per heavy atom. The molecule has 2 heterocycles. The molecule has 98 valence electrons. The first-order valence-corrected chi connectivity index (χ1v) is 6.23. The number of nitrogen functional groups attached to an aromatic ring is 1. The molecule has 2 rings (SSSR count). The van der Waals surface area contributed by atoms with Gasteiger partial charge in [-0.25, -0.2) is 10.8 Å². The van der Waals surface area contributed by atoms with Crippen molar-refractivity contribution < 1.29 is 4.79 Å². The third-order valence-electron chi connectivity index (χ3n) is 3.08. The summed E-state index contributed by atoms with van der Waals surface area (Å²) < 4.78 is 0. The van der Waals surface area contributed by atoms with Crippen LogP contribution in [0.15, 0.2) is 18.3 Å². The zero-order valence-corrected chi connectivity index (χ0v) is 10.4. The molecule has 0 atom stereocenters. The van der Waals surface area contributed by atoms with Crippen LogP contribution in [0.5, 0.6) is 0 Å². The lowest BCUT2D eigenvalue weighted by Gasteiger charge is -2.14. The van der Waals surface area contributed by atoms with Gasteiger partial charge in [0.05, 0.1) is 0 Å². The molecule has 0 aromatic carbocycles. The predicted octanol–water partition coefficient (Wildman–Crippen LogP) is 0.193. The molecule has 0 bridgehead atoms. The highest BCUT2D eigenvalue weighted by Gasteiger charge is 2.11. The lowest BCUT2D eigenvalue weighted by molar-refractivity contribution is 0.0949. The SMILES string of the molecule is NNc1cc(C(=O)NCCN2CCCC2)ccn1. The van der Waals surface area contributed by atoms with Crippen molar-refractivity contribution in [1.29, 1.82) is 0 Å². The van der Waals surface area contributed by atoms with Crippen LogP contribution >= 0.6 is 0 Å². The van der Waals surface area contributed by atoms with Crippen LogP contribution in [-0.2, 0) is 0 Å². The minimum atomic E-state index is -0.0897. The Kier molecular flexibility index (Phi) is 4.49. The van der Waals surface area contributed by atoms with E-state index in [1.54, 1.807) is 18.3 Å². The fraction of sp³-hybridized carbons (Fsp3) is 0.500. The Morgan fingerprint density at radius 3 is 2.94 bits per heavy atom. The summed E-state index contributed by atoms with van der Waals surface area (Å²) in [6.07, 6.45) is 4.10. The number of likely N-dealkylation sites (tertiary alicyclic amines) is 1. The maximum atomic E-state index is 11.9. The Hall–Kier alpha value is -1.66. The number of anilines is 1. The van der Waals surface area contributed by atoms with E-state index in [1.807, 2.05) is 0 Å². The maximum absolute atomic E-state index is 11.9. The quantitative estimate of drug-likeness (QED) is 0.512. The second-order valence-electron chi connectivity index (χ2n) is 4.38. The minimum absolute atomic E-state index is 0.0897. The number of hydrogen-bond acceptors (Lipinski definition) is 5. The van der Waals surface area contributed by atoms with Gasteiger partial charge in [-0.3, -0.25) is 4.79 Å². The van der Waals surface area contributed by atoms with Crippen molar-refractivity contribution in [3.63, 3.8) is 0 Å². The third-order valence-corrected chi connectivity index (χ3v) is 3.08. The van der Waals surface area contributed by atoms with Crippen molar-refractivity contribution in [3.8, 4) is 0 Å². The molecule has 1 aromatic heterocycles. The number of hydrogen-bond donors (Lipinski definition) is 3. The van der Waals surface area contributed by atoms with Crippen molar-refractivity contribution in [2.24, 2.45) is 5.84 Å². The smallest absolute Gasteiger partial charge is 0.251 e. The van der Waals surface area contributed by atoms with E-state index < -0.39 is 0 Å². The lowest BCUT2D eigenvalue weighted by atomic mass is 10.2. The predicted molar refractivity (Wildman–Crippen MR) is 70.1 cm³/mol. The van der Waals surface area contributed by atoms with E-state index in [0.29, 0.717) is 17.9 Å². The van der Waals surface area contributed by atoms with E-state index in [1.165, 1.54) is 12.8 Å². The zero-order chi connectivity index (χ0) is 12.8. The van der Waals surface area contributed by atoms with E-state index in [0.717, 1.165) is 19.6 Å². The zero-order valence-electron chi connectivity index (χ0n) is 10.4. The van der Waals surface area contributed by atoms with Crippen molar-refractivity contribution >= 4 is 11.7 Å². The van der Waals surface area contributed by atoms with Gasteiger partial charge in [-0.15, -0.1) is 0 Å². The number of pyridine rings is 1. The van der Waals surface area contributed by atoms with Gasteiger partial charge in [0.1, 0.15) is 5.82 Å². The fourth-order valence-corrected chi connectivity index (χ4v) is 2.09. The van der Waals surface area contributed by atoms with Crippen molar-refractivity contribution in [1.82, 2.24) is 15.2 Å². The van der Waals surface area contributed by atoms with Crippen LogP contribution in [0.1, 0.15) is 23.2 Å². The highest BCUT2D eigenvalue weighted by molar-refractivity contribution is 5.94. The molecule has 0 aliphatic carbocycles. The second-order valence-corrected chi connectivity index (χ2v) is 4.38. The molecule has 0 saturated carbocycles. The first-order chi connectivity index (χ1) is 8.79. The first kappa shape index (κ1) is 12.8. The highest BCUT2D eigenvalue weighted by Crippen LogP contribution is 2.06. The summed E-state index contributed by atoms with van der Waals surface area (Å²) in [4.78, 5) is 18.2. The highest BCUT2D eigenvalue weighted by atomic mass is 16.1. The van der Waals surface area contributed by atoms with Gasteiger partial charge < -0.3 is 15.6 Å². The normalized spacial score (nSPS) is 15.6. The topological polar surface area (TPSA) is 83.3 Å². The van der Waals surface area contributed by atoms with Gasteiger partial charge in [0.2, 0.25) is 0 Å². The maximum Gasteiger partial charge on any atom is 0.251 e. The van der Waals surface area contributed by atoms with E-state index >= 15 is 0 Å². The Labute approximate surface area is 107 Å². The molecule has 1 aliphatic rings. The summed E-state index contributed by atoms with van der Waals surface area (Å²) in [6.45, 7) is 3.88. The molecule has 1 aliphatic heterocycles. The molecular formula is C12H19N5O. The van der Waals surface area contributed by atoms with E-state index in [-0.39, 0.29) is 5.91 Å². The van der Waals surface area contributed by atoms with Crippen LogP contribution < -0.4 is 16.6 Å². The van der Waals surface area contributed by atoms with E-state index in [2.05, 4.69) is 20.6 Å². The Balaban J connectivity index is 1.79. The average Bonchev–Trinajstić information content (AvgIpc) is 2.92. The lowest BCUT2D eigenvalue weighted by Crippen LogP contribution is -2.33. The Morgan fingerprint density at radius 1 is 1.44 bits per heavy atom. The summed E-state index contributed by atoms with van der Waals surface area (Å²) in [5.74, 6) is 5.65. The van der Waals surface area contributed by atoms with Gasteiger partial charge >= 0.3 is 0 Å². The molecular weight excluding hydrogens is 230 g/mol. The summed E-state index contributed by atoms with van der Waals surface area (Å²) in [7, 11) is 0. The summed E-state index contributed by atoms with van der Waals surface area (Å²) in [6, 6.07) is 3.30. The molecule has 6 heteroatoms. The molecule has 4 N–H and O–H groups in total. The monoisotopic (exact) mass is 249 g/mol. The summed E-state index contributed by atoms with van der Waals surface area (Å²) in [5.41, 5.74) is 2.99. The molecule has 1 fully saturated rings. The number of aromatic nitrogens is 1. The van der Waals surface area contributed by atoms with Crippen molar-refractivity contribution in [2.45, 2.75) is 12.8 Å². The summed E-state index contributed by atoms with van der Waals surface area (Å²) in [5, 5.41) is 2.90. The number of nitrogens with one attached hydrogen (secondary N) is 2. The molecule has 0 radical (unpaired) electrons. The number of carbonyl (C=O) groups excluding carboxylic acids is 1. The largest absolute Gasteiger partial charge is 0.351 e. The number of nitrogens with two attached hydrogens (primary N) is 1. The molecule has 0 unspecified atom stereocenters. The van der Waals surface area contributed by atoms with Crippen molar-refractivity contribution in [2.75, 3.05) is 31.6 Å². The van der Waals surface area contributed by atoms with Crippen LogP contribution in [-0.4, -0.2) is 42.0 Å². The minimum Gasteiger partial charge on any atom is -0.351 e.